The van der Waals surface area contributed by atoms with Crippen LogP contribution < -0.4 is 0 Å². The summed E-state index contributed by atoms with van der Waals surface area (Å²) in [4.78, 5) is 17.8. The van der Waals surface area contributed by atoms with Crippen molar-refractivity contribution in [1.29, 1.82) is 0 Å². The van der Waals surface area contributed by atoms with Crippen LogP contribution in [0.1, 0.15) is 73.7 Å². The highest BCUT2D eigenvalue weighted by atomic mass is 16.5. The molecule has 0 bridgehead atoms. The monoisotopic (exact) mass is 421 g/mol. The third kappa shape index (κ3) is 3.50. The topological polar surface area (TPSA) is 37.7 Å². The van der Waals surface area contributed by atoms with E-state index >= 15 is 0 Å². The molecule has 2 aromatic rings. The van der Waals surface area contributed by atoms with Crippen molar-refractivity contribution in [3.05, 3.63) is 35.0 Å². The zero-order valence-corrected chi connectivity index (χ0v) is 18.7. The van der Waals surface area contributed by atoms with E-state index in [1.807, 2.05) is 0 Å². The van der Waals surface area contributed by atoms with Crippen LogP contribution in [0, 0.1) is 0 Å². The number of rotatable bonds is 3. The lowest BCUT2D eigenvalue weighted by Gasteiger charge is -2.41. The molecular formula is C26H35N3O2. The maximum Gasteiger partial charge on any atom is 0.237 e. The van der Waals surface area contributed by atoms with Crippen molar-refractivity contribution >= 4 is 16.8 Å². The van der Waals surface area contributed by atoms with Gasteiger partial charge in [-0.05, 0) is 61.3 Å². The van der Waals surface area contributed by atoms with Gasteiger partial charge >= 0.3 is 0 Å². The molecule has 2 aliphatic heterocycles. The number of benzene rings is 1. The standard InChI is InChI=1S/C26H35N3O2/c30-25(18-27-13-15-31-16-14-27)28-11-12-29-23-10-9-20(19-5-2-1-3-6-19)17-22(23)21-7-4-8-24(28)26(21)29/h9-10,17,19,24H,1-8,11-16,18H2/t24-/m0/s1. The van der Waals surface area contributed by atoms with Crippen LogP contribution in [0.3, 0.4) is 0 Å². The minimum Gasteiger partial charge on any atom is -0.379 e. The molecule has 0 unspecified atom stereocenters. The zero-order valence-electron chi connectivity index (χ0n) is 18.7. The minimum atomic E-state index is 0.261. The number of aryl methyl sites for hydroxylation is 1. The van der Waals surface area contributed by atoms with Crippen LogP contribution in [0.15, 0.2) is 18.2 Å². The minimum absolute atomic E-state index is 0.261. The Balaban J connectivity index is 1.31. The average Bonchev–Trinajstić information content (AvgIpc) is 3.15. The van der Waals surface area contributed by atoms with E-state index in [1.54, 1.807) is 5.56 Å². The highest BCUT2D eigenvalue weighted by Gasteiger charge is 2.37. The molecule has 5 nitrogen and oxygen atoms in total. The van der Waals surface area contributed by atoms with Crippen molar-refractivity contribution in [3.8, 4) is 0 Å². The first-order chi connectivity index (χ1) is 15.3. The maximum absolute atomic E-state index is 13.3. The Bertz CT molecular complexity index is 969. The molecule has 166 valence electrons. The number of amides is 1. The van der Waals surface area contributed by atoms with Gasteiger partial charge < -0.3 is 14.2 Å². The molecule has 1 amide bonds. The second kappa shape index (κ2) is 8.25. The molecule has 3 heterocycles. The number of morpholine rings is 1. The molecule has 5 heteroatoms. The molecule has 6 rings (SSSR count). The predicted molar refractivity (Wildman–Crippen MR) is 122 cm³/mol. The highest BCUT2D eigenvalue weighted by Crippen LogP contribution is 2.44. The van der Waals surface area contributed by atoms with Crippen molar-refractivity contribution < 1.29 is 9.53 Å². The van der Waals surface area contributed by atoms with E-state index in [9.17, 15) is 4.79 Å². The summed E-state index contributed by atoms with van der Waals surface area (Å²) in [6, 6.07) is 7.57. The number of carbonyl (C=O) groups excluding carboxylic acids is 1. The predicted octanol–water partition coefficient (Wildman–Crippen LogP) is 4.24. The summed E-state index contributed by atoms with van der Waals surface area (Å²) in [6.45, 7) is 5.56. The number of hydrogen-bond acceptors (Lipinski definition) is 3. The van der Waals surface area contributed by atoms with Gasteiger partial charge in [-0.25, -0.2) is 0 Å². The van der Waals surface area contributed by atoms with Crippen molar-refractivity contribution in [1.82, 2.24) is 14.4 Å². The molecular weight excluding hydrogens is 386 g/mol. The second-order valence-electron chi connectivity index (χ2n) is 10.0. The quantitative estimate of drug-likeness (QED) is 0.744. The molecule has 1 saturated heterocycles. The zero-order chi connectivity index (χ0) is 20.8. The first-order valence-corrected chi connectivity index (χ1v) is 12.5. The molecule has 1 atom stereocenters. The molecule has 31 heavy (non-hydrogen) atoms. The lowest BCUT2D eigenvalue weighted by molar-refractivity contribution is -0.137. The lowest BCUT2D eigenvalue weighted by atomic mass is 9.83. The number of nitrogens with zero attached hydrogens (tertiary/aromatic N) is 3. The van der Waals surface area contributed by atoms with Crippen molar-refractivity contribution in [2.24, 2.45) is 0 Å². The van der Waals surface area contributed by atoms with E-state index in [0.29, 0.717) is 12.5 Å². The van der Waals surface area contributed by atoms with Gasteiger partial charge in [-0.3, -0.25) is 9.69 Å². The Morgan fingerprint density at radius 1 is 0.968 bits per heavy atom. The third-order valence-electron chi connectivity index (χ3n) is 8.26. The van der Waals surface area contributed by atoms with Crippen molar-refractivity contribution in [3.63, 3.8) is 0 Å². The number of hydrogen-bond donors (Lipinski definition) is 0. The van der Waals surface area contributed by atoms with Gasteiger partial charge in [0.05, 0.1) is 25.8 Å². The van der Waals surface area contributed by atoms with Crippen LogP contribution in [0.2, 0.25) is 0 Å². The average molecular weight is 422 g/mol. The van der Waals surface area contributed by atoms with Gasteiger partial charge in [-0.15, -0.1) is 0 Å². The van der Waals surface area contributed by atoms with E-state index in [4.69, 9.17) is 4.74 Å². The molecule has 0 N–H and O–H groups in total. The summed E-state index contributed by atoms with van der Waals surface area (Å²) >= 11 is 0. The summed E-state index contributed by atoms with van der Waals surface area (Å²) < 4.78 is 8.01. The summed E-state index contributed by atoms with van der Waals surface area (Å²) in [7, 11) is 0. The Kier molecular flexibility index (Phi) is 5.27. The van der Waals surface area contributed by atoms with E-state index < -0.39 is 0 Å². The Hall–Kier alpha value is -1.85. The van der Waals surface area contributed by atoms with Gasteiger partial charge in [0, 0.05) is 42.8 Å². The molecule has 0 radical (unpaired) electrons. The van der Waals surface area contributed by atoms with E-state index in [1.165, 1.54) is 60.7 Å². The summed E-state index contributed by atoms with van der Waals surface area (Å²) in [5.41, 5.74) is 5.93. The van der Waals surface area contributed by atoms with Gasteiger partial charge in [-0.1, -0.05) is 25.3 Å². The fourth-order valence-corrected chi connectivity index (χ4v) is 6.65. The van der Waals surface area contributed by atoms with E-state index in [-0.39, 0.29) is 6.04 Å². The Morgan fingerprint density at radius 3 is 2.65 bits per heavy atom. The third-order valence-corrected chi connectivity index (χ3v) is 8.26. The first kappa shape index (κ1) is 19.8. The number of ether oxygens (including phenoxy) is 1. The van der Waals surface area contributed by atoms with E-state index in [2.05, 4.69) is 32.6 Å². The van der Waals surface area contributed by atoms with Gasteiger partial charge in [0.25, 0.3) is 0 Å². The molecule has 1 saturated carbocycles. The van der Waals surface area contributed by atoms with Crippen LogP contribution in [0.4, 0.5) is 0 Å². The van der Waals surface area contributed by atoms with Crippen LogP contribution >= 0.6 is 0 Å². The van der Waals surface area contributed by atoms with Gasteiger partial charge in [-0.2, -0.15) is 0 Å². The highest BCUT2D eigenvalue weighted by molar-refractivity contribution is 5.88. The van der Waals surface area contributed by atoms with E-state index in [0.717, 1.165) is 58.2 Å². The molecule has 1 aromatic heterocycles. The lowest BCUT2D eigenvalue weighted by Crippen LogP contribution is -2.49. The number of aromatic nitrogens is 1. The largest absolute Gasteiger partial charge is 0.379 e. The molecule has 2 aliphatic carbocycles. The van der Waals surface area contributed by atoms with Crippen LogP contribution in [0.5, 0.6) is 0 Å². The molecule has 1 aromatic carbocycles. The second-order valence-corrected chi connectivity index (χ2v) is 10.0. The van der Waals surface area contributed by atoms with Crippen LogP contribution in [-0.4, -0.2) is 59.7 Å². The van der Waals surface area contributed by atoms with Gasteiger partial charge in [0.1, 0.15) is 0 Å². The van der Waals surface area contributed by atoms with Crippen molar-refractivity contribution in [2.75, 3.05) is 39.4 Å². The smallest absolute Gasteiger partial charge is 0.237 e. The fraction of sp³-hybridized carbons (Fsp3) is 0.654. The normalized spacial score (nSPS) is 25.0. The summed E-state index contributed by atoms with van der Waals surface area (Å²) in [5.74, 6) is 1.05. The molecule has 2 fully saturated rings. The fourth-order valence-electron chi connectivity index (χ4n) is 6.65. The molecule has 0 spiro atoms. The van der Waals surface area contributed by atoms with Gasteiger partial charge in [0.15, 0.2) is 0 Å². The molecule has 4 aliphatic rings. The summed E-state index contributed by atoms with van der Waals surface area (Å²) in [5, 5.41) is 1.48. The maximum atomic E-state index is 13.3. The Morgan fingerprint density at radius 2 is 1.81 bits per heavy atom. The van der Waals surface area contributed by atoms with Crippen LogP contribution in [-0.2, 0) is 22.5 Å². The van der Waals surface area contributed by atoms with Crippen LogP contribution in [0.25, 0.3) is 10.9 Å². The number of carbonyl (C=O) groups is 1. The SMILES string of the molecule is O=C(CN1CCOCC1)N1CCn2c3c(c4cc(C5CCCCC5)ccc42)CCC[C@@H]31. The van der Waals surface area contributed by atoms with Crippen molar-refractivity contribution in [2.45, 2.75) is 69.9 Å². The number of fused-ring (bicyclic) bond motifs is 3. The first-order valence-electron chi connectivity index (χ1n) is 12.5. The Labute approximate surface area is 185 Å². The van der Waals surface area contributed by atoms with Gasteiger partial charge in [0.2, 0.25) is 5.91 Å². The summed E-state index contributed by atoms with van der Waals surface area (Å²) in [6.07, 6.45) is 10.3.